The summed E-state index contributed by atoms with van der Waals surface area (Å²) in [6, 6.07) is 17.2. The zero-order chi connectivity index (χ0) is 19.6. The first-order chi connectivity index (χ1) is 13.6. The van der Waals surface area contributed by atoms with Gasteiger partial charge in [0.1, 0.15) is 10.7 Å². The van der Waals surface area contributed by atoms with Crippen molar-refractivity contribution in [1.29, 1.82) is 0 Å². The van der Waals surface area contributed by atoms with Gasteiger partial charge in [-0.3, -0.25) is 4.31 Å². The third-order valence-electron chi connectivity index (χ3n) is 5.06. The number of nitrogens with zero attached hydrogens (tertiary/aromatic N) is 3. The normalized spacial score (nSPS) is 17.0. The fraction of sp³-hybridized carbons (Fsp3) is 0.286. The van der Waals surface area contributed by atoms with Crippen LogP contribution in [0.2, 0.25) is 0 Å². The van der Waals surface area contributed by atoms with Crippen molar-refractivity contribution in [1.82, 2.24) is 4.98 Å². The highest BCUT2D eigenvalue weighted by Crippen LogP contribution is 2.37. The van der Waals surface area contributed by atoms with Gasteiger partial charge in [-0.2, -0.15) is 0 Å². The first kappa shape index (κ1) is 19.0. The number of para-hydroxylation sites is 1. The molecule has 7 heteroatoms. The summed E-state index contributed by atoms with van der Waals surface area (Å²) in [7, 11) is -3.65. The molecule has 1 aliphatic rings. The van der Waals surface area contributed by atoms with Gasteiger partial charge in [-0.05, 0) is 55.5 Å². The molecule has 1 aliphatic heterocycles. The lowest BCUT2D eigenvalue weighted by Gasteiger charge is -2.26. The number of rotatable bonds is 6. The third kappa shape index (κ3) is 3.52. The summed E-state index contributed by atoms with van der Waals surface area (Å²) >= 11 is 1.76. The summed E-state index contributed by atoms with van der Waals surface area (Å²) in [6.45, 7) is 3.13. The Hall–Kier alpha value is -2.38. The molecule has 3 heterocycles. The molecule has 5 nitrogen and oxygen atoms in total. The SMILES string of the molecule is CCN(c1ccccc1)S(=O)(=O)c1ccc(N2CCC[C@H]2c2cccs2)nc1. The monoisotopic (exact) mass is 413 g/mol. The Morgan fingerprint density at radius 3 is 2.61 bits per heavy atom. The zero-order valence-corrected chi connectivity index (χ0v) is 17.4. The zero-order valence-electron chi connectivity index (χ0n) is 15.7. The molecule has 0 amide bonds. The van der Waals surface area contributed by atoms with Crippen LogP contribution in [-0.4, -0.2) is 26.5 Å². The fourth-order valence-electron chi connectivity index (χ4n) is 3.73. The maximum Gasteiger partial charge on any atom is 0.265 e. The second-order valence-corrected chi connectivity index (χ2v) is 9.57. The van der Waals surface area contributed by atoms with Crippen LogP contribution in [0, 0.1) is 0 Å². The molecular formula is C21H23N3O2S2. The number of sulfonamides is 1. The molecule has 1 aromatic carbocycles. The van der Waals surface area contributed by atoms with Gasteiger partial charge in [0.2, 0.25) is 0 Å². The highest BCUT2D eigenvalue weighted by Gasteiger charge is 2.29. The van der Waals surface area contributed by atoms with E-state index in [1.165, 1.54) is 15.4 Å². The van der Waals surface area contributed by atoms with E-state index in [4.69, 9.17) is 0 Å². The van der Waals surface area contributed by atoms with Crippen LogP contribution in [0.1, 0.15) is 30.7 Å². The minimum atomic E-state index is -3.65. The van der Waals surface area contributed by atoms with Crippen molar-refractivity contribution in [3.8, 4) is 0 Å². The van der Waals surface area contributed by atoms with Gasteiger partial charge in [0.05, 0.1) is 11.7 Å². The smallest absolute Gasteiger partial charge is 0.265 e. The Morgan fingerprint density at radius 1 is 1.14 bits per heavy atom. The minimum absolute atomic E-state index is 0.217. The molecule has 146 valence electrons. The van der Waals surface area contributed by atoms with Crippen molar-refractivity contribution in [3.63, 3.8) is 0 Å². The summed E-state index contributed by atoms with van der Waals surface area (Å²) in [5.41, 5.74) is 0.659. The van der Waals surface area contributed by atoms with E-state index in [0.29, 0.717) is 18.3 Å². The van der Waals surface area contributed by atoms with Crippen LogP contribution in [0.15, 0.2) is 71.1 Å². The van der Waals surface area contributed by atoms with Crippen molar-refractivity contribution in [3.05, 3.63) is 71.1 Å². The largest absolute Gasteiger partial charge is 0.349 e. The van der Waals surface area contributed by atoms with Crippen molar-refractivity contribution in [2.45, 2.75) is 30.7 Å². The van der Waals surface area contributed by atoms with E-state index in [1.54, 1.807) is 29.5 Å². The summed E-state index contributed by atoms with van der Waals surface area (Å²) in [5.74, 6) is 0.831. The van der Waals surface area contributed by atoms with E-state index in [9.17, 15) is 8.42 Å². The number of thiophene rings is 1. The second kappa shape index (κ2) is 7.93. The molecule has 1 fully saturated rings. The van der Waals surface area contributed by atoms with Crippen LogP contribution in [0.25, 0.3) is 0 Å². The van der Waals surface area contributed by atoms with Crippen LogP contribution < -0.4 is 9.21 Å². The van der Waals surface area contributed by atoms with Gasteiger partial charge >= 0.3 is 0 Å². The van der Waals surface area contributed by atoms with Crippen LogP contribution in [0.5, 0.6) is 0 Å². The fourth-order valence-corrected chi connectivity index (χ4v) is 6.02. The lowest BCUT2D eigenvalue weighted by Crippen LogP contribution is -2.31. The Labute approximate surface area is 170 Å². The van der Waals surface area contributed by atoms with Gasteiger partial charge in [-0.15, -0.1) is 11.3 Å². The Bertz CT molecular complexity index is 1000. The molecule has 0 spiro atoms. The van der Waals surface area contributed by atoms with Gasteiger partial charge in [0.15, 0.2) is 0 Å². The van der Waals surface area contributed by atoms with Crippen molar-refractivity contribution in [2.24, 2.45) is 0 Å². The number of aromatic nitrogens is 1. The summed E-state index contributed by atoms with van der Waals surface area (Å²) < 4.78 is 27.7. The van der Waals surface area contributed by atoms with Gasteiger partial charge in [-0.1, -0.05) is 24.3 Å². The van der Waals surface area contributed by atoms with Gasteiger partial charge in [0.25, 0.3) is 10.0 Å². The van der Waals surface area contributed by atoms with E-state index < -0.39 is 10.0 Å². The number of anilines is 2. The number of benzene rings is 1. The first-order valence-corrected chi connectivity index (χ1v) is 11.8. The quantitative estimate of drug-likeness (QED) is 0.588. The van der Waals surface area contributed by atoms with Crippen LogP contribution in [0.4, 0.5) is 11.5 Å². The highest BCUT2D eigenvalue weighted by atomic mass is 32.2. The maximum absolute atomic E-state index is 13.1. The number of pyridine rings is 1. The third-order valence-corrected chi connectivity index (χ3v) is 7.92. The molecule has 0 radical (unpaired) electrons. The van der Waals surface area contributed by atoms with Crippen molar-refractivity contribution < 1.29 is 8.42 Å². The summed E-state index contributed by atoms with van der Waals surface area (Å²) in [4.78, 5) is 8.34. The lowest BCUT2D eigenvalue weighted by atomic mass is 10.2. The Morgan fingerprint density at radius 2 is 1.96 bits per heavy atom. The molecule has 4 rings (SSSR count). The molecule has 1 atom stereocenters. The van der Waals surface area contributed by atoms with Gasteiger partial charge in [-0.25, -0.2) is 13.4 Å². The van der Waals surface area contributed by atoms with Crippen LogP contribution >= 0.6 is 11.3 Å². The van der Waals surface area contributed by atoms with Gasteiger partial charge < -0.3 is 4.90 Å². The maximum atomic E-state index is 13.1. The first-order valence-electron chi connectivity index (χ1n) is 9.45. The number of hydrogen-bond acceptors (Lipinski definition) is 5. The number of hydrogen-bond donors (Lipinski definition) is 0. The Balaban J connectivity index is 1.60. The lowest BCUT2D eigenvalue weighted by molar-refractivity contribution is 0.591. The van der Waals surface area contributed by atoms with E-state index >= 15 is 0 Å². The van der Waals surface area contributed by atoms with E-state index in [0.717, 1.165) is 25.2 Å². The van der Waals surface area contributed by atoms with E-state index in [1.807, 2.05) is 31.2 Å². The van der Waals surface area contributed by atoms with E-state index in [-0.39, 0.29) is 4.90 Å². The average Bonchev–Trinajstić information content (AvgIpc) is 3.41. The minimum Gasteiger partial charge on any atom is -0.349 e. The summed E-state index contributed by atoms with van der Waals surface area (Å²) in [5, 5.41) is 2.10. The van der Waals surface area contributed by atoms with E-state index in [2.05, 4.69) is 27.4 Å². The predicted molar refractivity (Wildman–Crippen MR) is 115 cm³/mol. The molecule has 0 unspecified atom stereocenters. The molecule has 0 bridgehead atoms. The molecule has 0 N–H and O–H groups in total. The van der Waals surface area contributed by atoms with Crippen LogP contribution in [-0.2, 0) is 10.0 Å². The highest BCUT2D eigenvalue weighted by molar-refractivity contribution is 7.92. The molecule has 28 heavy (non-hydrogen) atoms. The van der Waals surface area contributed by atoms with Crippen LogP contribution in [0.3, 0.4) is 0 Å². The topological polar surface area (TPSA) is 53.5 Å². The van der Waals surface area contributed by atoms with Crippen molar-refractivity contribution in [2.75, 3.05) is 22.3 Å². The average molecular weight is 414 g/mol. The van der Waals surface area contributed by atoms with Gasteiger partial charge in [0, 0.05) is 24.2 Å². The molecule has 2 aromatic heterocycles. The molecule has 1 saturated heterocycles. The van der Waals surface area contributed by atoms with Crippen molar-refractivity contribution >= 4 is 32.9 Å². The molecule has 3 aromatic rings. The second-order valence-electron chi connectivity index (χ2n) is 6.72. The molecular weight excluding hydrogens is 390 g/mol. The predicted octanol–water partition coefficient (Wildman–Crippen LogP) is 4.70. The summed E-state index contributed by atoms with van der Waals surface area (Å²) in [6.07, 6.45) is 3.70. The Kier molecular flexibility index (Phi) is 5.37. The molecule has 0 saturated carbocycles. The molecule has 0 aliphatic carbocycles. The standard InChI is InChI=1S/C21H23N3O2S2/c1-2-24(17-8-4-3-5-9-17)28(25,26)18-12-13-21(22-16-18)23-14-6-10-19(23)20-11-7-15-27-20/h3-5,7-9,11-13,15-16,19H,2,6,10,14H2,1H3/t19-/m0/s1.